The van der Waals surface area contributed by atoms with Crippen LogP contribution in [0.15, 0.2) is 29.3 Å². The quantitative estimate of drug-likeness (QED) is 0.273. The van der Waals surface area contributed by atoms with Gasteiger partial charge in [-0.2, -0.15) is 0 Å². The maximum atomic E-state index is 13.0. The van der Waals surface area contributed by atoms with Crippen LogP contribution in [0.5, 0.6) is 0 Å². The van der Waals surface area contributed by atoms with Gasteiger partial charge in [-0.25, -0.2) is 4.39 Å². The summed E-state index contributed by atoms with van der Waals surface area (Å²) >= 11 is 0. The number of halogens is 2. The third-order valence-corrected chi connectivity index (χ3v) is 2.67. The Morgan fingerprint density at radius 1 is 1.18 bits per heavy atom. The van der Waals surface area contributed by atoms with Crippen LogP contribution in [0.4, 0.5) is 4.39 Å². The first-order valence-electron chi connectivity index (χ1n) is 7.23. The molecular formula is C15H24FIN4O. The maximum absolute atomic E-state index is 13.0. The predicted octanol–water partition coefficient (Wildman–Crippen LogP) is 2.14. The van der Waals surface area contributed by atoms with E-state index >= 15 is 0 Å². The summed E-state index contributed by atoms with van der Waals surface area (Å²) in [6, 6.07) is 5.65. The van der Waals surface area contributed by atoms with Crippen LogP contribution < -0.4 is 16.0 Å². The lowest BCUT2D eigenvalue weighted by molar-refractivity contribution is 0.0953. The monoisotopic (exact) mass is 422 g/mol. The van der Waals surface area contributed by atoms with Crippen LogP contribution in [0.3, 0.4) is 0 Å². The first-order chi connectivity index (χ1) is 10.2. The number of nitrogens with zero attached hydrogens (tertiary/aromatic N) is 1. The summed E-state index contributed by atoms with van der Waals surface area (Å²) in [4.78, 5) is 16.1. The topological polar surface area (TPSA) is 65.5 Å². The van der Waals surface area contributed by atoms with Crippen LogP contribution in [0.25, 0.3) is 0 Å². The highest BCUT2D eigenvalue weighted by Crippen LogP contribution is 2.02. The van der Waals surface area contributed by atoms with E-state index in [1.54, 1.807) is 6.07 Å². The van der Waals surface area contributed by atoms with E-state index in [1.807, 2.05) is 13.8 Å². The zero-order valence-corrected chi connectivity index (χ0v) is 15.3. The largest absolute Gasteiger partial charge is 0.357 e. The third-order valence-electron chi connectivity index (χ3n) is 2.67. The van der Waals surface area contributed by atoms with Gasteiger partial charge < -0.3 is 16.0 Å². The molecule has 0 saturated carbocycles. The Kier molecular flexibility index (Phi) is 11.4. The molecule has 124 valence electrons. The summed E-state index contributed by atoms with van der Waals surface area (Å²) in [6.07, 6.45) is 0.724. The lowest BCUT2D eigenvalue weighted by Crippen LogP contribution is -2.37. The standard InChI is InChI=1S/C15H23FN4O.HI/c1-3-17-15(18-4-2)20-10-6-9-19-14(21)12-7-5-8-13(16)11-12;/h5,7-8,11H,3-4,6,9-10H2,1-2H3,(H,19,21)(H2,17,18,20);1H. The molecule has 0 unspecified atom stereocenters. The zero-order valence-electron chi connectivity index (χ0n) is 13.0. The average Bonchev–Trinajstić information content (AvgIpc) is 2.47. The minimum Gasteiger partial charge on any atom is -0.357 e. The van der Waals surface area contributed by atoms with E-state index < -0.39 is 5.82 Å². The van der Waals surface area contributed by atoms with Crippen LogP contribution in [0.2, 0.25) is 0 Å². The van der Waals surface area contributed by atoms with E-state index in [9.17, 15) is 9.18 Å². The summed E-state index contributed by atoms with van der Waals surface area (Å²) in [5.74, 6) is 0.0988. The lowest BCUT2D eigenvalue weighted by atomic mass is 10.2. The fourth-order valence-electron chi connectivity index (χ4n) is 1.71. The van der Waals surface area contributed by atoms with Crippen LogP contribution >= 0.6 is 24.0 Å². The molecule has 0 aromatic heterocycles. The second-order valence-electron chi connectivity index (χ2n) is 4.41. The molecule has 5 nitrogen and oxygen atoms in total. The summed E-state index contributed by atoms with van der Waals surface area (Å²) < 4.78 is 13.0. The van der Waals surface area contributed by atoms with Crippen molar-refractivity contribution in [1.82, 2.24) is 16.0 Å². The van der Waals surface area contributed by atoms with Crippen molar-refractivity contribution in [2.75, 3.05) is 26.2 Å². The number of benzene rings is 1. The van der Waals surface area contributed by atoms with Crippen molar-refractivity contribution < 1.29 is 9.18 Å². The van der Waals surface area contributed by atoms with Gasteiger partial charge in [0, 0.05) is 31.7 Å². The molecule has 0 aliphatic heterocycles. The lowest BCUT2D eigenvalue weighted by Gasteiger charge is -2.09. The van der Waals surface area contributed by atoms with Gasteiger partial charge in [0.05, 0.1) is 0 Å². The SMILES string of the molecule is CCNC(=NCCCNC(=O)c1cccc(F)c1)NCC.I. The minimum absolute atomic E-state index is 0. The highest BCUT2D eigenvalue weighted by molar-refractivity contribution is 14.0. The number of aliphatic imine (C=N–C) groups is 1. The Morgan fingerprint density at radius 3 is 2.45 bits per heavy atom. The van der Waals surface area contributed by atoms with Gasteiger partial charge in [0.1, 0.15) is 5.82 Å². The Hall–Kier alpha value is -1.38. The van der Waals surface area contributed by atoms with E-state index in [2.05, 4.69) is 20.9 Å². The number of carbonyl (C=O) groups excluding carboxylic acids is 1. The molecule has 0 aliphatic rings. The Bertz CT molecular complexity index is 474. The number of guanidine groups is 1. The van der Waals surface area contributed by atoms with E-state index in [1.165, 1.54) is 18.2 Å². The van der Waals surface area contributed by atoms with Crippen molar-refractivity contribution in [2.24, 2.45) is 4.99 Å². The smallest absolute Gasteiger partial charge is 0.251 e. The summed E-state index contributed by atoms with van der Waals surface area (Å²) in [5, 5.41) is 9.00. The molecule has 0 bridgehead atoms. The molecule has 1 rings (SSSR count). The molecule has 0 fully saturated rings. The van der Waals surface area contributed by atoms with Crippen molar-refractivity contribution in [2.45, 2.75) is 20.3 Å². The van der Waals surface area contributed by atoms with Gasteiger partial charge in [0.15, 0.2) is 5.96 Å². The number of hydrogen-bond donors (Lipinski definition) is 3. The van der Waals surface area contributed by atoms with Crippen molar-refractivity contribution in [3.05, 3.63) is 35.6 Å². The Morgan fingerprint density at radius 2 is 1.86 bits per heavy atom. The van der Waals surface area contributed by atoms with E-state index in [0.717, 1.165) is 25.5 Å². The van der Waals surface area contributed by atoms with Crippen LogP contribution in [-0.4, -0.2) is 38.0 Å². The summed E-state index contributed by atoms with van der Waals surface area (Å²) in [6.45, 7) is 6.74. The molecule has 0 atom stereocenters. The van der Waals surface area contributed by atoms with Gasteiger partial charge in [0.2, 0.25) is 0 Å². The van der Waals surface area contributed by atoms with Gasteiger partial charge in [-0.1, -0.05) is 6.07 Å². The molecule has 0 radical (unpaired) electrons. The zero-order chi connectivity index (χ0) is 15.5. The molecule has 22 heavy (non-hydrogen) atoms. The van der Waals surface area contributed by atoms with Gasteiger partial charge in [0.25, 0.3) is 5.91 Å². The number of carbonyl (C=O) groups is 1. The molecule has 0 heterocycles. The molecule has 1 amide bonds. The fraction of sp³-hybridized carbons (Fsp3) is 0.467. The molecule has 7 heteroatoms. The first-order valence-corrected chi connectivity index (χ1v) is 7.23. The maximum Gasteiger partial charge on any atom is 0.251 e. The predicted molar refractivity (Wildman–Crippen MR) is 98.4 cm³/mol. The van der Waals surface area contributed by atoms with Gasteiger partial charge in [-0.3, -0.25) is 9.79 Å². The second kappa shape index (κ2) is 12.2. The highest BCUT2D eigenvalue weighted by Gasteiger charge is 2.05. The molecule has 3 N–H and O–H groups in total. The number of rotatable bonds is 7. The normalized spacial score (nSPS) is 9.41. The molecule has 1 aromatic rings. The Labute approximate surface area is 148 Å². The van der Waals surface area contributed by atoms with Gasteiger partial charge >= 0.3 is 0 Å². The van der Waals surface area contributed by atoms with Crippen LogP contribution in [0.1, 0.15) is 30.6 Å². The van der Waals surface area contributed by atoms with Gasteiger partial charge in [-0.05, 0) is 38.5 Å². The Balaban J connectivity index is 0.00000441. The summed E-state index contributed by atoms with van der Waals surface area (Å²) in [5.41, 5.74) is 0.333. The molecule has 0 aliphatic carbocycles. The number of hydrogen-bond acceptors (Lipinski definition) is 2. The molecule has 0 spiro atoms. The average molecular weight is 422 g/mol. The number of amides is 1. The fourth-order valence-corrected chi connectivity index (χ4v) is 1.71. The summed E-state index contributed by atoms with van der Waals surface area (Å²) in [7, 11) is 0. The van der Waals surface area contributed by atoms with E-state index in [4.69, 9.17) is 0 Å². The highest BCUT2D eigenvalue weighted by atomic mass is 127. The van der Waals surface area contributed by atoms with Crippen molar-refractivity contribution in [3.63, 3.8) is 0 Å². The van der Waals surface area contributed by atoms with Crippen LogP contribution in [-0.2, 0) is 0 Å². The second-order valence-corrected chi connectivity index (χ2v) is 4.41. The number of nitrogens with one attached hydrogen (secondary N) is 3. The third kappa shape index (κ3) is 8.16. The van der Waals surface area contributed by atoms with Gasteiger partial charge in [-0.15, -0.1) is 24.0 Å². The van der Waals surface area contributed by atoms with Crippen molar-refractivity contribution in [1.29, 1.82) is 0 Å². The van der Waals surface area contributed by atoms with E-state index in [-0.39, 0.29) is 29.9 Å². The van der Waals surface area contributed by atoms with Crippen LogP contribution in [0, 0.1) is 5.82 Å². The molecule has 1 aromatic carbocycles. The van der Waals surface area contributed by atoms with Crippen molar-refractivity contribution >= 4 is 35.8 Å². The molecule has 0 saturated heterocycles. The van der Waals surface area contributed by atoms with Crippen molar-refractivity contribution in [3.8, 4) is 0 Å². The van der Waals surface area contributed by atoms with E-state index in [0.29, 0.717) is 18.7 Å². The first kappa shape index (κ1) is 20.6. The molecular weight excluding hydrogens is 398 g/mol. The minimum atomic E-state index is -0.409.